The first kappa shape index (κ1) is 16.6. The number of unbranched alkanes of at least 4 members (excludes halogenated alkanes) is 2. The normalized spacial score (nSPS) is 13.6. The van der Waals surface area contributed by atoms with Crippen LogP contribution in [0.15, 0.2) is 54.6 Å². The fraction of sp³-hybridized carbons (Fsp3) is 0.400. The van der Waals surface area contributed by atoms with Crippen molar-refractivity contribution in [2.24, 2.45) is 0 Å². The summed E-state index contributed by atoms with van der Waals surface area (Å²) in [5.41, 5.74) is 1.28. The molecule has 0 aliphatic carbocycles. The molecule has 0 amide bonds. The summed E-state index contributed by atoms with van der Waals surface area (Å²) in [6, 6.07) is 17.9. The molecule has 2 aromatic rings. The minimum Gasteiger partial charge on any atom is -0.489 e. The van der Waals surface area contributed by atoms with Crippen LogP contribution in [0.3, 0.4) is 0 Å². The van der Waals surface area contributed by atoms with E-state index in [2.05, 4.69) is 6.92 Å². The Morgan fingerprint density at radius 3 is 2.50 bits per heavy atom. The summed E-state index contributed by atoms with van der Waals surface area (Å²) >= 11 is 0. The minimum absolute atomic E-state index is 0.544. The van der Waals surface area contributed by atoms with Crippen molar-refractivity contribution in [1.82, 2.24) is 0 Å². The highest BCUT2D eigenvalue weighted by Crippen LogP contribution is 2.29. The summed E-state index contributed by atoms with van der Waals surface area (Å²) in [6.07, 6.45) is 4.14. The molecule has 0 radical (unpaired) electrons. The van der Waals surface area contributed by atoms with Gasteiger partial charge in [-0.05, 0) is 36.6 Å². The van der Waals surface area contributed by atoms with Crippen LogP contribution in [0.25, 0.3) is 0 Å². The summed E-state index contributed by atoms with van der Waals surface area (Å²) in [6.45, 7) is 4.61. The quantitative estimate of drug-likeness (QED) is 0.691. The maximum Gasteiger partial charge on any atom is 0.120 e. The van der Waals surface area contributed by atoms with Gasteiger partial charge in [0, 0.05) is 0 Å². The van der Waals surface area contributed by atoms with E-state index in [-0.39, 0.29) is 0 Å². The monoisotopic (exact) mass is 298 g/mol. The van der Waals surface area contributed by atoms with Gasteiger partial charge in [-0.15, -0.1) is 0 Å². The van der Waals surface area contributed by atoms with Crippen LogP contribution in [-0.2, 0) is 12.2 Å². The van der Waals surface area contributed by atoms with E-state index < -0.39 is 5.60 Å². The molecule has 2 rings (SSSR count). The highest BCUT2D eigenvalue weighted by Gasteiger charge is 2.22. The lowest BCUT2D eigenvalue weighted by atomic mass is 9.90. The van der Waals surface area contributed by atoms with Gasteiger partial charge in [-0.2, -0.15) is 0 Å². The van der Waals surface area contributed by atoms with Gasteiger partial charge in [0.15, 0.2) is 0 Å². The first-order chi connectivity index (χ1) is 10.6. The molecule has 0 saturated carbocycles. The molecule has 1 N–H and O–H groups in total. The summed E-state index contributed by atoms with van der Waals surface area (Å²) in [4.78, 5) is 0. The lowest BCUT2D eigenvalue weighted by Crippen LogP contribution is -2.21. The van der Waals surface area contributed by atoms with Crippen LogP contribution >= 0.6 is 0 Å². The standard InChI is InChI=1S/C20H26O2/c1-3-4-8-14-20(2,21)18-12-9-13-19(15-18)22-16-17-10-6-5-7-11-17/h5-7,9-13,15,21H,3-4,8,14,16H2,1-2H3/t20-/m0/s1. The van der Waals surface area contributed by atoms with Crippen LogP contribution in [0.5, 0.6) is 5.75 Å². The van der Waals surface area contributed by atoms with E-state index in [1.165, 1.54) is 0 Å². The molecule has 0 bridgehead atoms. The molecular formula is C20H26O2. The Hall–Kier alpha value is -1.80. The Balaban J connectivity index is 2.00. The summed E-state index contributed by atoms with van der Waals surface area (Å²) < 4.78 is 5.84. The molecule has 0 fully saturated rings. The Morgan fingerprint density at radius 1 is 1.00 bits per heavy atom. The van der Waals surface area contributed by atoms with E-state index in [9.17, 15) is 5.11 Å². The number of hydrogen-bond acceptors (Lipinski definition) is 2. The Morgan fingerprint density at radius 2 is 1.77 bits per heavy atom. The van der Waals surface area contributed by atoms with Gasteiger partial charge >= 0.3 is 0 Å². The number of hydrogen-bond donors (Lipinski definition) is 1. The molecule has 0 aliphatic rings. The summed E-state index contributed by atoms with van der Waals surface area (Å²) in [7, 11) is 0. The predicted molar refractivity (Wildman–Crippen MR) is 90.9 cm³/mol. The molecule has 2 heteroatoms. The van der Waals surface area contributed by atoms with Crippen LogP contribution in [0.4, 0.5) is 0 Å². The molecule has 2 aromatic carbocycles. The third-order valence-corrected chi connectivity index (χ3v) is 3.97. The van der Waals surface area contributed by atoms with Crippen LogP contribution in [0, 0.1) is 0 Å². The molecule has 0 aromatic heterocycles. The third kappa shape index (κ3) is 4.88. The number of rotatable bonds is 8. The van der Waals surface area contributed by atoms with Crippen LogP contribution < -0.4 is 4.74 Å². The topological polar surface area (TPSA) is 29.5 Å². The van der Waals surface area contributed by atoms with Crippen LogP contribution in [0.2, 0.25) is 0 Å². The maximum atomic E-state index is 10.7. The van der Waals surface area contributed by atoms with Crippen molar-refractivity contribution >= 4 is 0 Å². The Labute approximate surface area is 133 Å². The van der Waals surface area contributed by atoms with Crippen molar-refractivity contribution in [3.05, 3.63) is 65.7 Å². The molecule has 1 atom stereocenters. The number of benzene rings is 2. The van der Waals surface area contributed by atoms with Gasteiger partial charge in [-0.1, -0.05) is 68.7 Å². The van der Waals surface area contributed by atoms with E-state index in [0.29, 0.717) is 6.61 Å². The molecule has 2 nitrogen and oxygen atoms in total. The van der Waals surface area contributed by atoms with E-state index in [1.54, 1.807) is 0 Å². The second-order valence-electron chi connectivity index (χ2n) is 6.03. The first-order valence-corrected chi connectivity index (χ1v) is 8.11. The highest BCUT2D eigenvalue weighted by molar-refractivity contribution is 5.32. The van der Waals surface area contributed by atoms with Crippen molar-refractivity contribution in [3.63, 3.8) is 0 Å². The Bertz CT molecular complexity index is 561. The molecule has 0 saturated heterocycles. The lowest BCUT2D eigenvalue weighted by Gasteiger charge is -2.24. The van der Waals surface area contributed by atoms with Crippen molar-refractivity contribution in [2.45, 2.75) is 51.7 Å². The van der Waals surface area contributed by atoms with Crippen molar-refractivity contribution in [1.29, 1.82) is 0 Å². The van der Waals surface area contributed by atoms with Crippen molar-refractivity contribution in [2.75, 3.05) is 0 Å². The molecule has 0 heterocycles. The summed E-state index contributed by atoms with van der Waals surface area (Å²) in [5.74, 6) is 0.803. The first-order valence-electron chi connectivity index (χ1n) is 8.11. The van der Waals surface area contributed by atoms with Gasteiger partial charge in [0.25, 0.3) is 0 Å². The molecule has 118 valence electrons. The second-order valence-corrected chi connectivity index (χ2v) is 6.03. The smallest absolute Gasteiger partial charge is 0.120 e. The van der Waals surface area contributed by atoms with E-state index in [0.717, 1.165) is 42.6 Å². The zero-order valence-corrected chi connectivity index (χ0v) is 13.6. The SMILES string of the molecule is CCCCC[C@](C)(O)c1cccc(OCc2ccccc2)c1. The van der Waals surface area contributed by atoms with Crippen LogP contribution in [-0.4, -0.2) is 5.11 Å². The molecule has 0 unspecified atom stereocenters. The molecule has 0 aliphatic heterocycles. The van der Waals surface area contributed by atoms with E-state index in [4.69, 9.17) is 4.74 Å². The number of ether oxygens (including phenoxy) is 1. The zero-order chi connectivity index (χ0) is 15.8. The second kappa shape index (κ2) is 8.00. The van der Waals surface area contributed by atoms with Crippen molar-refractivity contribution in [3.8, 4) is 5.75 Å². The number of aliphatic hydroxyl groups is 1. The lowest BCUT2D eigenvalue weighted by molar-refractivity contribution is 0.0447. The third-order valence-electron chi connectivity index (χ3n) is 3.97. The average molecular weight is 298 g/mol. The van der Waals surface area contributed by atoms with Gasteiger partial charge in [-0.25, -0.2) is 0 Å². The van der Waals surface area contributed by atoms with Gasteiger partial charge < -0.3 is 9.84 Å². The van der Waals surface area contributed by atoms with Crippen molar-refractivity contribution < 1.29 is 9.84 Å². The highest BCUT2D eigenvalue weighted by atomic mass is 16.5. The van der Waals surface area contributed by atoms with Gasteiger partial charge in [0.1, 0.15) is 12.4 Å². The van der Waals surface area contributed by atoms with Crippen LogP contribution in [0.1, 0.15) is 50.7 Å². The van der Waals surface area contributed by atoms with Gasteiger partial charge in [0.05, 0.1) is 5.60 Å². The molecule has 22 heavy (non-hydrogen) atoms. The maximum absolute atomic E-state index is 10.7. The molecular weight excluding hydrogens is 272 g/mol. The largest absolute Gasteiger partial charge is 0.489 e. The predicted octanol–water partition coefficient (Wildman–Crippen LogP) is 5.05. The molecule has 0 spiro atoms. The van der Waals surface area contributed by atoms with Gasteiger partial charge in [-0.3, -0.25) is 0 Å². The fourth-order valence-electron chi connectivity index (χ4n) is 2.53. The zero-order valence-electron chi connectivity index (χ0n) is 13.6. The fourth-order valence-corrected chi connectivity index (χ4v) is 2.53. The summed E-state index contributed by atoms with van der Waals surface area (Å²) in [5, 5.41) is 10.7. The Kier molecular flexibility index (Phi) is 6.02. The average Bonchev–Trinajstić information content (AvgIpc) is 2.54. The minimum atomic E-state index is -0.790. The van der Waals surface area contributed by atoms with E-state index in [1.807, 2.05) is 61.5 Å². The van der Waals surface area contributed by atoms with Gasteiger partial charge in [0.2, 0.25) is 0 Å². The van der Waals surface area contributed by atoms with E-state index >= 15 is 0 Å².